The summed E-state index contributed by atoms with van der Waals surface area (Å²) >= 11 is 0. The lowest BCUT2D eigenvalue weighted by Crippen LogP contribution is -2.59. The third-order valence-corrected chi connectivity index (χ3v) is 4.37. The minimum atomic E-state index is -5.58. The van der Waals surface area contributed by atoms with E-state index in [2.05, 4.69) is 9.47 Å². The van der Waals surface area contributed by atoms with E-state index in [-0.39, 0.29) is 6.42 Å². The molecule has 0 amide bonds. The van der Waals surface area contributed by atoms with Crippen LogP contribution in [0.5, 0.6) is 0 Å². The highest BCUT2D eigenvalue weighted by atomic mass is 19.4. The smallest absolute Gasteiger partial charge is 0.428 e. The molecular weight excluding hydrogens is 402 g/mol. The zero-order valence-corrected chi connectivity index (χ0v) is 15.0. The summed E-state index contributed by atoms with van der Waals surface area (Å²) in [4.78, 5) is 23.5. The monoisotopic (exact) mass is 422 g/mol. The van der Waals surface area contributed by atoms with E-state index in [0.29, 0.717) is 0 Å². The van der Waals surface area contributed by atoms with Gasteiger partial charge in [0.25, 0.3) is 11.2 Å². The number of carbonyl (C=O) groups excluding carboxylic acids is 2. The van der Waals surface area contributed by atoms with Crippen LogP contribution in [-0.4, -0.2) is 58.9 Å². The Morgan fingerprint density at radius 1 is 1.00 bits per heavy atom. The first-order chi connectivity index (χ1) is 12.7. The molecule has 1 rings (SSSR count). The van der Waals surface area contributed by atoms with Gasteiger partial charge in [-0.2, -0.15) is 26.3 Å². The first-order valence-corrected chi connectivity index (χ1v) is 8.28. The number of esters is 2. The number of hydrogen-bond donors (Lipinski definition) is 2. The molecule has 0 saturated heterocycles. The van der Waals surface area contributed by atoms with Crippen LogP contribution in [-0.2, 0) is 19.1 Å². The second kappa shape index (κ2) is 8.27. The van der Waals surface area contributed by atoms with Gasteiger partial charge in [-0.3, -0.25) is 0 Å². The van der Waals surface area contributed by atoms with Gasteiger partial charge in [0.05, 0.1) is 13.2 Å². The van der Waals surface area contributed by atoms with Crippen LogP contribution in [0, 0.1) is 5.92 Å². The fourth-order valence-corrected chi connectivity index (χ4v) is 2.97. The maximum Gasteiger partial charge on any atom is 0.428 e. The molecule has 1 unspecified atom stereocenters. The minimum absolute atomic E-state index is 0.214. The van der Waals surface area contributed by atoms with Gasteiger partial charge in [-0.15, -0.1) is 0 Å². The van der Waals surface area contributed by atoms with Crippen molar-refractivity contribution in [3.8, 4) is 0 Å². The number of carbonyl (C=O) groups is 2. The molecule has 3 atom stereocenters. The van der Waals surface area contributed by atoms with Crippen LogP contribution in [0.2, 0.25) is 0 Å². The minimum Gasteiger partial charge on any atom is -0.464 e. The van der Waals surface area contributed by atoms with E-state index in [0.717, 1.165) is 6.08 Å². The van der Waals surface area contributed by atoms with Gasteiger partial charge in [0.1, 0.15) is 0 Å². The second-order valence-corrected chi connectivity index (χ2v) is 6.15. The third-order valence-electron chi connectivity index (χ3n) is 4.37. The van der Waals surface area contributed by atoms with Crippen molar-refractivity contribution < 1.29 is 55.6 Å². The Morgan fingerprint density at radius 2 is 1.50 bits per heavy atom. The molecular formula is C16H20F6O6. The first-order valence-electron chi connectivity index (χ1n) is 8.28. The molecule has 0 aliphatic heterocycles. The summed E-state index contributed by atoms with van der Waals surface area (Å²) in [5, 5.41) is 20.1. The fraction of sp³-hybridized carbons (Fsp3) is 0.750. The van der Waals surface area contributed by atoms with Crippen molar-refractivity contribution in [3.63, 3.8) is 0 Å². The van der Waals surface area contributed by atoms with Crippen LogP contribution in [0.25, 0.3) is 0 Å². The fourth-order valence-electron chi connectivity index (χ4n) is 2.97. The van der Waals surface area contributed by atoms with Crippen molar-refractivity contribution in [2.24, 2.45) is 5.92 Å². The Kier molecular flexibility index (Phi) is 7.16. The van der Waals surface area contributed by atoms with E-state index >= 15 is 0 Å². The molecule has 0 fully saturated rings. The molecule has 2 N–H and O–H groups in total. The molecule has 0 aromatic rings. The van der Waals surface area contributed by atoms with Crippen molar-refractivity contribution in [2.75, 3.05) is 13.2 Å². The van der Waals surface area contributed by atoms with Crippen molar-refractivity contribution in [2.45, 2.75) is 56.7 Å². The van der Waals surface area contributed by atoms with E-state index in [9.17, 15) is 46.1 Å². The molecule has 0 radical (unpaired) electrons. The number of hydrogen-bond acceptors (Lipinski definition) is 6. The maximum absolute atomic E-state index is 13.5. The summed E-state index contributed by atoms with van der Waals surface area (Å²) in [7, 11) is 0. The summed E-state index contributed by atoms with van der Waals surface area (Å²) in [5.41, 5.74) is -9.02. The molecule has 6 nitrogen and oxygen atoms in total. The Balaban J connectivity index is 3.36. The molecule has 0 saturated carbocycles. The summed E-state index contributed by atoms with van der Waals surface area (Å²) < 4.78 is 88.9. The topological polar surface area (TPSA) is 93.1 Å². The molecule has 1 aliphatic carbocycles. The van der Waals surface area contributed by atoms with Crippen LogP contribution in [0.1, 0.15) is 33.1 Å². The van der Waals surface area contributed by atoms with E-state index < -0.39 is 73.0 Å². The van der Waals surface area contributed by atoms with Gasteiger partial charge in [-0.25, -0.2) is 9.59 Å². The molecule has 0 spiro atoms. The summed E-state index contributed by atoms with van der Waals surface area (Å²) in [6.07, 6.45) is -12.6. The Bertz CT molecular complexity index is 628. The van der Waals surface area contributed by atoms with E-state index in [4.69, 9.17) is 0 Å². The standard InChI is InChI=1S/C16H20F6O6/c1-3-27-11(23)13(25,15(17,18)19)8-9-6-5-7-10(9)14(26,16(20,21)22)12(24)28-4-2/h6,10,25-26H,3-5,7-8H2,1-2H3/t10?,13-,14-/m0/s1. The highest BCUT2D eigenvalue weighted by Crippen LogP contribution is 2.49. The molecule has 0 heterocycles. The van der Waals surface area contributed by atoms with Gasteiger partial charge in [0.2, 0.25) is 0 Å². The lowest BCUT2D eigenvalue weighted by atomic mass is 9.77. The largest absolute Gasteiger partial charge is 0.464 e. The number of aliphatic hydroxyl groups is 2. The zero-order valence-electron chi connectivity index (χ0n) is 15.0. The van der Waals surface area contributed by atoms with E-state index in [1.165, 1.54) is 13.8 Å². The summed E-state index contributed by atoms with van der Waals surface area (Å²) in [6.45, 7) is 1.33. The van der Waals surface area contributed by atoms with Crippen LogP contribution in [0.15, 0.2) is 11.6 Å². The lowest BCUT2D eigenvalue weighted by molar-refractivity contribution is -0.277. The van der Waals surface area contributed by atoms with E-state index in [1.54, 1.807) is 0 Å². The van der Waals surface area contributed by atoms with Gasteiger partial charge in [-0.05, 0) is 26.7 Å². The van der Waals surface area contributed by atoms with E-state index in [1.807, 2.05) is 0 Å². The predicted molar refractivity (Wildman–Crippen MR) is 80.7 cm³/mol. The van der Waals surface area contributed by atoms with Crippen LogP contribution < -0.4 is 0 Å². The van der Waals surface area contributed by atoms with Crippen molar-refractivity contribution >= 4 is 11.9 Å². The predicted octanol–water partition coefficient (Wildman–Crippen LogP) is 2.43. The van der Waals surface area contributed by atoms with Gasteiger partial charge >= 0.3 is 24.3 Å². The van der Waals surface area contributed by atoms with Crippen LogP contribution in [0.3, 0.4) is 0 Å². The number of alkyl halides is 6. The molecule has 1 aliphatic rings. The number of ether oxygens (including phenoxy) is 2. The Labute approximate surface area is 156 Å². The maximum atomic E-state index is 13.5. The normalized spacial score (nSPS) is 22.1. The second-order valence-electron chi connectivity index (χ2n) is 6.15. The van der Waals surface area contributed by atoms with Crippen molar-refractivity contribution in [1.29, 1.82) is 0 Å². The van der Waals surface area contributed by atoms with Crippen LogP contribution in [0.4, 0.5) is 26.3 Å². The highest BCUT2D eigenvalue weighted by molar-refractivity contribution is 5.83. The average molecular weight is 422 g/mol. The van der Waals surface area contributed by atoms with Gasteiger partial charge < -0.3 is 19.7 Å². The van der Waals surface area contributed by atoms with Gasteiger partial charge in [0, 0.05) is 12.3 Å². The molecule has 28 heavy (non-hydrogen) atoms. The third kappa shape index (κ3) is 4.27. The highest BCUT2D eigenvalue weighted by Gasteiger charge is 2.68. The quantitative estimate of drug-likeness (QED) is 0.372. The zero-order chi connectivity index (χ0) is 22.0. The van der Waals surface area contributed by atoms with Gasteiger partial charge in [0.15, 0.2) is 0 Å². The number of halogens is 6. The molecule has 12 heteroatoms. The van der Waals surface area contributed by atoms with Gasteiger partial charge in [-0.1, -0.05) is 11.6 Å². The summed E-state index contributed by atoms with van der Waals surface area (Å²) in [6, 6.07) is 0. The molecule has 0 bridgehead atoms. The Morgan fingerprint density at radius 3 is 1.93 bits per heavy atom. The Hall–Kier alpha value is -1.82. The number of rotatable bonds is 7. The lowest BCUT2D eigenvalue weighted by Gasteiger charge is -2.37. The average Bonchev–Trinajstić information content (AvgIpc) is 3.00. The molecule has 0 aromatic heterocycles. The number of allylic oxidation sites excluding steroid dienone is 1. The first kappa shape index (κ1) is 24.2. The SMILES string of the molecule is CCOC(=O)[C@@](O)(C1CCC=C1C[C@](O)(C(=O)OCC)C(F)(F)F)C(F)(F)F. The van der Waals surface area contributed by atoms with Crippen molar-refractivity contribution in [1.82, 2.24) is 0 Å². The molecule has 0 aromatic carbocycles. The van der Waals surface area contributed by atoms with Crippen molar-refractivity contribution in [3.05, 3.63) is 11.6 Å². The molecule has 162 valence electrons. The summed E-state index contributed by atoms with van der Waals surface area (Å²) in [5.74, 6) is -6.34. The van der Waals surface area contributed by atoms with Crippen LogP contribution >= 0.6 is 0 Å².